The SMILES string of the molecule is CCC(C)(CN)CNCC(C)C. The third-order valence-corrected chi connectivity index (χ3v) is 2.45. The first-order valence-corrected chi connectivity index (χ1v) is 4.95. The molecule has 0 aromatic rings. The molecule has 3 N–H and O–H groups in total. The minimum atomic E-state index is 0.287. The van der Waals surface area contributed by atoms with Crippen LogP contribution in [0.5, 0.6) is 0 Å². The Labute approximate surface area is 76.9 Å². The zero-order chi connectivity index (χ0) is 9.61. The molecule has 0 aliphatic carbocycles. The number of nitrogens with one attached hydrogen (secondary N) is 1. The van der Waals surface area contributed by atoms with E-state index in [1.807, 2.05) is 0 Å². The molecule has 1 unspecified atom stereocenters. The van der Waals surface area contributed by atoms with Gasteiger partial charge in [-0.2, -0.15) is 0 Å². The summed E-state index contributed by atoms with van der Waals surface area (Å²) in [6.07, 6.45) is 1.15. The normalized spacial score (nSPS) is 16.5. The maximum Gasteiger partial charge on any atom is 0.00172 e. The van der Waals surface area contributed by atoms with Crippen molar-refractivity contribution in [3.63, 3.8) is 0 Å². The van der Waals surface area contributed by atoms with Gasteiger partial charge in [-0.15, -0.1) is 0 Å². The van der Waals surface area contributed by atoms with Gasteiger partial charge < -0.3 is 11.1 Å². The van der Waals surface area contributed by atoms with Gasteiger partial charge in [0.05, 0.1) is 0 Å². The Morgan fingerprint density at radius 2 is 2.00 bits per heavy atom. The van der Waals surface area contributed by atoms with E-state index < -0.39 is 0 Å². The summed E-state index contributed by atoms with van der Waals surface area (Å²) in [6, 6.07) is 0. The average Bonchev–Trinajstić information content (AvgIpc) is 2.03. The van der Waals surface area contributed by atoms with Crippen LogP contribution in [0.1, 0.15) is 34.1 Å². The van der Waals surface area contributed by atoms with Crippen LogP contribution in [0.3, 0.4) is 0 Å². The molecule has 0 bridgehead atoms. The highest BCUT2D eigenvalue weighted by molar-refractivity contribution is 4.76. The molecule has 0 radical (unpaired) electrons. The molecule has 2 nitrogen and oxygen atoms in total. The Hall–Kier alpha value is -0.0800. The van der Waals surface area contributed by atoms with Gasteiger partial charge >= 0.3 is 0 Å². The summed E-state index contributed by atoms with van der Waals surface area (Å²) >= 11 is 0. The molecule has 0 aliphatic rings. The summed E-state index contributed by atoms with van der Waals surface area (Å²) in [5.74, 6) is 0.726. The molecule has 0 amide bonds. The first kappa shape index (κ1) is 11.9. The van der Waals surface area contributed by atoms with Gasteiger partial charge in [0.25, 0.3) is 0 Å². The summed E-state index contributed by atoms with van der Waals surface area (Å²) in [6.45, 7) is 11.8. The van der Waals surface area contributed by atoms with Gasteiger partial charge in [0.15, 0.2) is 0 Å². The van der Waals surface area contributed by atoms with Crippen molar-refractivity contribution >= 4 is 0 Å². The molecule has 1 atom stereocenters. The summed E-state index contributed by atoms with van der Waals surface area (Å²) in [5, 5.41) is 3.45. The molecule has 0 aliphatic heterocycles. The zero-order valence-electron chi connectivity index (χ0n) is 8.98. The zero-order valence-corrected chi connectivity index (χ0v) is 8.98. The highest BCUT2D eigenvalue weighted by Crippen LogP contribution is 2.17. The second-order valence-electron chi connectivity index (χ2n) is 4.39. The summed E-state index contributed by atoms with van der Waals surface area (Å²) < 4.78 is 0. The fourth-order valence-electron chi connectivity index (χ4n) is 1.00. The highest BCUT2D eigenvalue weighted by Gasteiger charge is 2.18. The Bertz CT molecular complexity index is 106. The molecule has 0 heterocycles. The van der Waals surface area contributed by atoms with Crippen molar-refractivity contribution in [3.8, 4) is 0 Å². The van der Waals surface area contributed by atoms with Crippen molar-refractivity contribution in [2.75, 3.05) is 19.6 Å². The monoisotopic (exact) mass is 172 g/mol. The van der Waals surface area contributed by atoms with Crippen LogP contribution in [0.4, 0.5) is 0 Å². The van der Waals surface area contributed by atoms with Crippen LogP contribution in [-0.4, -0.2) is 19.6 Å². The van der Waals surface area contributed by atoms with Crippen molar-refractivity contribution < 1.29 is 0 Å². The van der Waals surface area contributed by atoms with Gasteiger partial charge in [-0.3, -0.25) is 0 Å². The van der Waals surface area contributed by atoms with Crippen LogP contribution < -0.4 is 11.1 Å². The van der Waals surface area contributed by atoms with Crippen LogP contribution in [0.25, 0.3) is 0 Å². The van der Waals surface area contributed by atoms with E-state index in [1.54, 1.807) is 0 Å². The van der Waals surface area contributed by atoms with E-state index in [2.05, 4.69) is 33.0 Å². The Balaban J connectivity index is 3.58. The van der Waals surface area contributed by atoms with E-state index in [9.17, 15) is 0 Å². The predicted octanol–water partition coefficient (Wildman–Crippen LogP) is 1.61. The van der Waals surface area contributed by atoms with Gasteiger partial charge in [-0.1, -0.05) is 27.7 Å². The third-order valence-electron chi connectivity index (χ3n) is 2.45. The molecule has 0 fully saturated rings. The summed E-state index contributed by atoms with van der Waals surface area (Å²) in [7, 11) is 0. The molecule has 0 spiro atoms. The maximum atomic E-state index is 5.69. The summed E-state index contributed by atoms with van der Waals surface area (Å²) in [4.78, 5) is 0. The topological polar surface area (TPSA) is 38.0 Å². The lowest BCUT2D eigenvalue weighted by Gasteiger charge is -2.27. The van der Waals surface area contributed by atoms with Crippen molar-refractivity contribution in [2.45, 2.75) is 34.1 Å². The van der Waals surface area contributed by atoms with Gasteiger partial charge in [0.2, 0.25) is 0 Å². The van der Waals surface area contributed by atoms with E-state index in [4.69, 9.17) is 5.73 Å². The Kier molecular flexibility index (Phi) is 5.51. The molecular formula is C10H24N2. The fraction of sp³-hybridized carbons (Fsp3) is 1.00. The van der Waals surface area contributed by atoms with Crippen LogP contribution >= 0.6 is 0 Å². The second kappa shape index (κ2) is 5.55. The molecule has 0 saturated heterocycles. The highest BCUT2D eigenvalue weighted by atomic mass is 14.9. The molecular weight excluding hydrogens is 148 g/mol. The van der Waals surface area contributed by atoms with E-state index in [0.717, 1.165) is 32.0 Å². The lowest BCUT2D eigenvalue weighted by Crippen LogP contribution is -2.38. The molecule has 74 valence electrons. The predicted molar refractivity (Wildman–Crippen MR) is 55.2 cm³/mol. The fourth-order valence-corrected chi connectivity index (χ4v) is 1.00. The molecule has 0 aromatic heterocycles. The number of rotatable bonds is 6. The van der Waals surface area contributed by atoms with Gasteiger partial charge in [-0.25, -0.2) is 0 Å². The third kappa shape index (κ3) is 4.73. The van der Waals surface area contributed by atoms with Crippen LogP contribution in [0.2, 0.25) is 0 Å². The number of hydrogen-bond acceptors (Lipinski definition) is 2. The van der Waals surface area contributed by atoms with Gasteiger partial charge in [-0.05, 0) is 30.8 Å². The molecule has 2 heteroatoms. The van der Waals surface area contributed by atoms with Gasteiger partial charge in [0.1, 0.15) is 0 Å². The quantitative estimate of drug-likeness (QED) is 0.639. The molecule has 0 saturated carbocycles. The molecule has 0 rings (SSSR count). The second-order valence-corrected chi connectivity index (χ2v) is 4.39. The van der Waals surface area contributed by atoms with Crippen molar-refractivity contribution in [1.29, 1.82) is 0 Å². The smallest absolute Gasteiger partial charge is 0.00172 e. The van der Waals surface area contributed by atoms with Crippen molar-refractivity contribution in [1.82, 2.24) is 5.32 Å². The Morgan fingerprint density at radius 3 is 2.33 bits per heavy atom. The number of hydrogen-bond donors (Lipinski definition) is 2. The molecule has 0 aromatic carbocycles. The van der Waals surface area contributed by atoms with Crippen LogP contribution in [0.15, 0.2) is 0 Å². The van der Waals surface area contributed by atoms with E-state index >= 15 is 0 Å². The average molecular weight is 172 g/mol. The maximum absolute atomic E-state index is 5.69. The first-order valence-electron chi connectivity index (χ1n) is 4.95. The lowest BCUT2D eigenvalue weighted by atomic mass is 9.87. The van der Waals surface area contributed by atoms with E-state index in [1.165, 1.54) is 0 Å². The summed E-state index contributed by atoms with van der Waals surface area (Å²) in [5.41, 5.74) is 5.98. The van der Waals surface area contributed by atoms with Crippen molar-refractivity contribution in [3.05, 3.63) is 0 Å². The lowest BCUT2D eigenvalue weighted by molar-refractivity contribution is 0.298. The minimum absolute atomic E-state index is 0.287. The van der Waals surface area contributed by atoms with Crippen molar-refractivity contribution in [2.24, 2.45) is 17.1 Å². The first-order chi connectivity index (χ1) is 5.54. The number of nitrogens with two attached hydrogens (primary N) is 1. The van der Waals surface area contributed by atoms with Gasteiger partial charge in [0, 0.05) is 6.54 Å². The van der Waals surface area contributed by atoms with Crippen LogP contribution in [0, 0.1) is 11.3 Å². The van der Waals surface area contributed by atoms with Crippen LogP contribution in [-0.2, 0) is 0 Å². The standard InChI is InChI=1S/C10H24N2/c1-5-10(4,7-11)8-12-6-9(2)3/h9,12H,5-8,11H2,1-4H3. The minimum Gasteiger partial charge on any atom is -0.330 e. The largest absolute Gasteiger partial charge is 0.330 e. The molecule has 12 heavy (non-hydrogen) atoms. The van der Waals surface area contributed by atoms with E-state index in [0.29, 0.717) is 0 Å². The Morgan fingerprint density at radius 1 is 1.42 bits per heavy atom. The van der Waals surface area contributed by atoms with E-state index in [-0.39, 0.29) is 5.41 Å².